The summed E-state index contributed by atoms with van der Waals surface area (Å²) in [6.07, 6.45) is -1.79. The standard InChI is InChI=1S/C34H16N4O2.C18H6Cl4N2O.C14H4O6.C10H10N2.C8Cl4O3.C6H8O7.2CO2.2CH3.Zn/c39-33-21-15-16-22-30-20(32-36-24-10-2-6-18-8-4-12-26(28(18)24)38(32)34(22)40)14-13-19(29(21)30)31-35-23-9-1-5-17-7-3-11-25(27(17)23)37(31)33;19-13-11-12(14(20)16(22)15(13)21)18(25)24-9-6-2-4-7-3-1-5-8(10(7)9)23-17(11)24;15-11-5-1-2-6-10-8(14(18)20-12(6)16)4-3-7(9(5)10)13(17)19-11;11-8-5-1-3-7-4-2-6-9(12)10(7)8;9-3-1-2(8(14)15-7(1)13)4(10)6(12)5(3)11;7-3(8)1-6(13,5(11)12)2-4(9)10;2*2-1-3;;;/h1-16H;1-6H;1-4H;1-6H,11-12H2;;13H,1-2H2,(H,7,8)(H,9,10)(H,11,12);;;2*1H3;/q;;;;;;;;2*-1;+2. The molecular weight excluding hydrogens is 1960 g/mol. The molecule has 0 aliphatic carbocycles. The van der Waals surface area contributed by atoms with Gasteiger partial charge in [-0.2, -0.15) is 19.2 Å². The van der Waals surface area contributed by atoms with E-state index in [1.807, 2.05) is 158 Å². The number of carboxylic acid groups (broad SMARTS) is 3. The van der Waals surface area contributed by atoms with Crippen LogP contribution in [0.25, 0.3) is 120 Å². The molecule has 134 heavy (non-hydrogen) atoms. The number of nitrogen functional groups attached to an aromatic ring is 2. The number of ether oxygens (including phenoxy) is 3. The summed E-state index contributed by atoms with van der Waals surface area (Å²) in [5.41, 5.74) is 17.0. The van der Waals surface area contributed by atoms with Crippen molar-refractivity contribution in [2.45, 2.75) is 18.4 Å². The number of esters is 6. The first-order valence-electron chi connectivity index (χ1n) is 37.6. The van der Waals surface area contributed by atoms with Gasteiger partial charge in [0.05, 0.1) is 131 Å². The van der Waals surface area contributed by atoms with Gasteiger partial charge in [0, 0.05) is 76.0 Å². The zero-order chi connectivity index (χ0) is 93.7. The molecule has 18 aromatic rings. The molecule has 0 fully saturated rings. The maximum absolute atomic E-state index is 14.2. The molecule has 4 aromatic heterocycles. The van der Waals surface area contributed by atoms with Crippen molar-refractivity contribution in [3.63, 3.8) is 0 Å². The number of pyridine rings is 2. The zero-order valence-corrected chi connectivity index (χ0v) is 77.0. The van der Waals surface area contributed by atoms with E-state index in [-0.39, 0.29) is 154 Å². The summed E-state index contributed by atoms with van der Waals surface area (Å²) < 4.78 is 17.0. The number of cyclic esters (lactones) is 6. The van der Waals surface area contributed by atoms with Crippen molar-refractivity contribution in [2.75, 3.05) is 16.4 Å². The number of rotatable bonds is 5. The second-order valence-corrected chi connectivity index (χ2v) is 31.8. The average Bonchev–Trinajstić information content (AvgIpc) is 1.33. The van der Waals surface area contributed by atoms with E-state index in [0.29, 0.717) is 33.5 Å². The van der Waals surface area contributed by atoms with E-state index in [1.165, 1.54) is 29.2 Å². The number of carbonyl (C=O) groups is 10. The molecule has 31 nitrogen and oxygen atoms in total. The smallest absolute Gasteiger partial charge is 0.481 e. The summed E-state index contributed by atoms with van der Waals surface area (Å²) >= 11 is 48.0. The largest absolute Gasteiger partial charge is 2.00 e. The van der Waals surface area contributed by atoms with E-state index in [4.69, 9.17) is 154 Å². The molecule has 5 aliphatic heterocycles. The Morgan fingerprint density at radius 1 is 0.373 bits per heavy atom. The van der Waals surface area contributed by atoms with Gasteiger partial charge in [-0.3, -0.25) is 37.7 Å². The van der Waals surface area contributed by atoms with Crippen LogP contribution in [0.4, 0.5) is 22.7 Å². The number of amidine groups is 1. The van der Waals surface area contributed by atoms with Crippen molar-refractivity contribution in [1.82, 2.24) is 18.8 Å². The number of carbonyl (C=O) groups excluding carboxylic acids is 11. The van der Waals surface area contributed by atoms with Crippen molar-refractivity contribution in [3.05, 3.63) is 314 Å². The van der Waals surface area contributed by atoms with Crippen molar-refractivity contribution in [1.29, 1.82) is 0 Å². The van der Waals surface area contributed by atoms with E-state index in [2.05, 4.69) is 19.2 Å². The van der Waals surface area contributed by atoms with Crippen molar-refractivity contribution < 1.29 is 121 Å². The fourth-order valence-corrected chi connectivity index (χ4v) is 18.2. The Morgan fingerprint density at radius 3 is 1.07 bits per heavy atom. The van der Waals surface area contributed by atoms with E-state index in [0.717, 1.165) is 109 Å². The molecule has 8 N–H and O–H groups in total. The van der Waals surface area contributed by atoms with Crippen LogP contribution in [0.5, 0.6) is 0 Å². The first kappa shape index (κ1) is 96.7. The number of fused-ring (bicyclic) bond motifs is 12. The molecule has 0 spiro atoms. The molecule has 0 radical (unpaired) electrons. The second-order valence-electron chi connectivity index (χ2n) is 28.8. The van der Waals surface area contributed by atoms with Gasteiger partial charge in [-0.15, -0.1) is 0 Å². The van der Waals surface area contributed by atoms with Crippen LogP contribution in [0.2, 0.25) is 40.2 Å². The molecule has 14 aromatic carbocycles. The third-order valence-corrected chi connectivity index (χ3v) is 25.2. The van der Waals surface area contributed by atoms with E-state index >= 15 is 0 Å². The van der Waals surface area contributed by atoms with Crippen LogP contribution in [-0.4, -0.2) is 123 Å². The molecule has 40 heteroatoms. The average molecular weight is 2010 g/mol. The van der Waals surface area contributed by atoms with E-state index in [9.17, 15) is 57.5 Å². The van der Waals surface area contributed by atoms with Gasteiger partial charge in [-0.1, -0.05) is 190 Å². The number of aromatic nitrogens is 4. The molecule has 0 saturated carbocycles. The molecule has 0 unspecified atom stereocenters. The molecule has 0 bridgehead atoms. The van der Waals surface area contributed by atoms with Crippen LogP contribution >= 0.6 is 92.8 Å². The Hall–Kier alpha value is -14.8. The topological polar surface area (TPSA) is 484 Å². The second kappa shape index (κ2) is 37.8. The molecule has 1 amide bonds. The van der Waals surface area contributed by atoms with Gasteiger partial charge in [-0.25, -0.2) is 48.5 Å². The van der Waals surface area contributed by atoms with Crippen molar-refractivity contribution in [3.8, 4) is 0 Å². The minimum Gasteiger partial charge on any atom is -0.481 e. The summed E-state index contributed by atoms with van der Waals surface area (Å²) in [6.45, 7) is 0. The fraction of sp³-hybridized carbons (Fsp3) is 0.0319. The van der Waals surface area contributed by atoms with Gasteiger partial charge in [-0.05, 0) is 119 Å². The third-order valence-electron chi connectivity index (χ3n) is 21.6. The number of aliphatic imine (C=N–C) groups is 1. The number of amides is 1. The molecule has 5 aliphatic rings. The number of aliphatic hydroxyl groups is 1. The zero-order valence-electron chi connectivity index (χ0n) is 68.0. The Bertz CT molecular complexity index is 8070. The molecular formula is C94H50Cl8N8O23Zn. The summed E-state index contributed by atoms with van der Waals surface area (Å²) in [6, 6.07) is 60.3. The number of nitrogens with two attached hydrogens (primary N) is 2. The number of nitrogens with zero attached hydrogens (tertiary/aromatic N) is 6. The fourth-order valence-electron chi connectivity index (χ4n) is 16.2. The maximum atomic E-state index is 14.2. The summed E-state index contributed by atoms with van der Waals surface area (Å²) in [5.74, 6) is -9.85. The molecule has 9 heterocycles. The Labute approximate surface area is 801 Å². The number of benzene rings is 14. The molecule has 0 saturated heterocycles. The number of hydrogen-bond donors (Lipinski definition) is 6. The maximum Gasteiger partial charge on any atom is 2.00 e. The number of hydrogen-bond acceptors (Lipinski definition) is 25. The van der Waals surface area contributed by atoms with Crippen LogP contribution in [0, 0.1) is 14.9 Å². The van der Waals surface area contributed by atoms with E-state index in [1.54, 1.807) is 20.9 Å². The normalized spacial score (nSPS) is 12.6. The van der Waals surface area contributed by atoms with Crippen LogP contribution in [0.1, 0.15) is 90.9 Å². The third kappa shape index (κ3) is 16.1. The number of halogens is 8. The van der Waals surface area contributed by atoms with Crippen molar-refractivity contribution in [2.24, 2.45) is 4.99 Å². The van der Waals surface area contributed by atoms with E-state index < -0.39 is 72.2 Å². The van der Waals surface area contributed by atoms with Crippen LogP contribution in [0.3, 0.4) is 0 Å². The SMILES string of the molecule is Nc1cccc2cccc(N)c12.O=C(O)CC(O)(CC(=O)O)C(=O)O.O=C1OC(=O)c2c(Cl)c(Cl)c(Cl)c(Cl)c21.O=C1OC(=O)c2ccc3c4c(ccc1c24)C(=O)OC3=O.O=C1c2c(Cl)c(Cl)c(Cl)c(Cl)c2C2=Nc3cccc4cccc(c34)N12.O=C=O.O=C=O.O=c1c2ccc3c(=O)n4c5cccc6cccc(nc4c4ccc(c2c34)c2nc3cccc4cccc(c43)n12)c65.[CH3-].[CH3-].[Zn+2]. The monoisotopic (exact) mass is 2000 g/mol. The minimum atomic E-state index is -2.74. The number of aliphatic carboxylic acids is 3. The number of carboxylic acids is 3. The first-order chi connectivity index (χ1) is 62.6. The predicted molar refractivity (Wildman–Crippen MR) is 497 cm³/mol. The van der Waals surface area contributed by atoms with Gasteiger partial charge in [0.25, 0.3) is 17.0 Å². The van der Waals surface area contributed by atoms with Crippen LogP contribution in [0.15, 0.2) is 209 Å². The Balaban J connectivity index is 0.000000142. The molecule has 662 valence electrons. The van der Waals surface area contributed by atoms with Crippen LogP contribution < -0.4 is 27.5 Å². The first-order valence-corrected chi connectivity index (χ1v) is 40.6. The summed E-state index contributed by atoms with van der Waals surface area (Å²) in [5, 5.41) is 46.6. The summed E-state index contributed by atoms with van der Waals surface area (Å²) in [4.78, 5) is 190. The summed E-state index contributed by atoms with van der Waals surface area (Å²) in [7, 11) is 0. The van der Waals surface area contributed by atoms with Crippen LogP contribution in [-0.2, 0) is 67.3 Å². The van der Waals surface area contributed by atoms with Gasteiger partial charge >= 0.3 is 85.5 Å². The van der Waals surface area contributed by atoms with Gasteiger partial charge in [0.15, 0.2) is 11.4 Å². The van der Waals surface area contributed by atoms with Crippen molar-refractivity contribution >= 4 is 313 Å². The van der Waals surface area contributed by atoms with Gasteiger partial charge < -0.3 is 61.0 Å². The quantitative estimate of drug-likeness (QED) is 0.00890. The predicted octanol–water partition coefficient (Wildman–Crippen LogP) is 18.7. The Morgan fingerprint density at radius 2 is 0.694 bits per heavy atom. The minimum absolute atomic E-state index is 0. The molecule has 23 rings (SSSR count). The molecule has 0 atom stereocenters. The number of anilines is 3. The Kier molecular flexibility index (Phi) is 27.3. The van der Waals surface area contributed by atoms with Gasteiger partial charge in [0.1, 0.15) is 11.3 Å². The van der Waals surface area contributed by atoms with Gasteiger partial charge in [0.2, 0.25) is 0 Å².